The summed E-state index contributed by atoms with van der Waals surface area (Å²) in [6.07, 6.45) is 11.2. The minimum atomic E-state index is -0.762. The van der Waals surface area contributed by atoms with Crippen LogP contribution in [0.4, 0.5) is 0 Å². The highest BCUT2D eigenvalue weighted by Crippen LogP contribution is 2.25. The Labute approximate surface area is 151 Å². The van der Waals surface area contributed by atoms with Gasteiger partial charge in [0.1, 0.15) is 6.04 Å². The Morgan fingerprint density at radius 1 is 1.00 bits per heavy atom. The van der Waals surface area contributed by atoms with Crippen LogP contribution in [0.15, 0.2) is 18.2 Å². The number of esters is 1. The lowest BCUT2D eigenvalue weighted by Crippen LogP contribution is -2.34. The molecule has 0 aliphatic heterocycles. The third-order valence-corrected chi connectivity index (χ3v) is 4.29. The fourth-order valence-electron chi connectivity index (χ4n) is 2.73. The van der Waals surface area contributed by atoms with Gasteiger partial charge in [0.2, 0.25) is 0 Å². The number of unbranched alkanes of at least 4 members (excludes halogenated alkanes) is 8. The van der Waals surface area contributed by atoms with Gasteiger partial charge >= 0.3 is 5.97 Å². The standard InChI is InChI=1S/C20H33NO4/c1-2-3-4-5-6-7-8-9-10-13-25-20(24)17(21)14-16-11-12-18(22)19(23)15-16/h11-12,15,17,22-23H,2-10,13-14,21H2,1H3/t17-/m0/s1. The lowest BCUT2D eigenvalue weighted by atomic mass is 10.1. The second-order valence-electron chi connectivity index (χ2n) is 6.63. The summed E-state index contributed by atoms with van der Waals surface area (Å²) in [6.45, 7) is 2.63. The van der Waals surface area contributed by atoms with Crippen molar-refractivity contribution in [1.82, 2.24) is 0 Å². The monoisotopic (exact) mass is 351 g/mol. The number of benzene rings is 1. The molecular weight excluding hydrogens is 318 g/mol. The maximum Gasteiger partial charge on any atom is 0.323 e. The molecular formula is C20H33NO4. The number of hydrogen-bond acceptors (Lipinski definition) is 5. The second-order valence-corrected chi connectivity index (χ2v) is 6.63. The number of carbonyl (C=O) groups is 1. The summed E-state index contributed by atoms with van der Waals surface area (Å²) >= 11 is 0. The zero-order chi connectivity index (χ0) is 18.5. The summed E-state index contributed by atoms with van der Waals surface area (Å²) in [4.78, 5) is 11.9. The number of carbonyl (C=O) groups excluding carboxylic acids is 1. The Morgan fingerprint density at radius 2 is 1.60 bits per heavy atom. The van der Waals surface area contributed by atoms with E-state index < -0.39 is 12.0 Å². The molecule has 0 saturated carbocycles. The van der Waals surface area contributed by atoms with Gasteiger partial charge in [-0.25, -0.2) is 0 Å². The lowest BCUT2D eigenvalue weighted by molar-refractivity contribution is -0.145. The van der Waals surface area contributed by atoms with E-state index in [1.807, 2.05) is 0 Å². The van der Waals surface area contributed by atoms with Crippen molar-refractivity contribution in [1.29, 1.82) is 0 Å². The van der Waals surface area contributed by atoms with Crippen molar-refractivity contribution in [3.05, 3.63) is 23.8 Å². The highest BCUT2D eigenvalue weighted by atomic mass is 16.5. The largest absolute Gasteiger partial charge is 0.504 e. The lowest BCUT2D eigenvalue weighted by Gasteiger charge is -2.12. The number of phenolic OH excluding ortho intramolecular Hbond substituents is 2. The molecule has 1 aromatic carbocycles. The molecule has 1 atom stereocenters. The Balaban J connectivity index is 2.08. The molecule has 0 unspecified atom stereocenters. The van der Waals surface area contributed by atoms with Gasteiger partial charge in [-0.2, -0.15) is 0 Å². The van der Waals surface area contributed by atoms with Crippen LogP contribution in [-0.2, 0) is 16.0 Å². The smallest absolute Gasteiger partial charge is 0.323 e. The van der Waals surface area contributed by atoms with Crippen LogP contribution < -0.4 is 5.73 Å². The number of ether oxygens (including phenoxy) is 1. The average Bonchev–Trinajstić information content (AvgIpc) is 2.59. The number of hydrogen-bond donors (Lipinski definition) is 3. The van der Waals surface area contributed by atoms with Crippen LogP contribution in [0.2, 0.25) is 0 Å². The predicted octanol–water partition coefficient (Wildman–Crippen LogP) is 4.04. The van der Waals surface area contributed by atoms with E-state index in [1.165, 1.54) is 57.1 Å². The van der Waals surface area contributed by atoms with Gasteiger partial charge in [0.25, 0.3) is 0 Å². The van der Waals surface area contributed by atoms with E-state index in [1.54, 1.807) is 6.07 Å². The molecule has 0 aromatic heterocycles. The van der Waals surface area contributed by atoms with Crippen molar-refractivity contribution in [2.24, 2.45) is 5.73 Å². The van der Waals surface area contributed by atoms with Gasteiger partial charge in [-0.3, -0.25) is 4.79 Å². The first-order valence-electron chi connectivity index (χ1n) is 9.47. The molecule has 0 saturated heterocycles. The van der Waals surface area contributed by atoms with Crippen molar-refractivity contribution in [3.8, 4) is 11.5 Å². The number of rotatable bonds is 13. The summed E-state index contributed by atoms with van der Waals surface area (Å²) < 4.78 is 5.21. The van der Waals surface area contributed by atoms with Gasteiger partial charge in [0.05, 0.1) is 6.61 Å². The van der Waals surface area contributed by atoms with Crippen LogP contribution in [0.5, 0.6) is 11.5 Å². The van der Waals surface area contributed by atoms with Gasteiger partial charge in [0, 0.05) is 0 Å². The fourth-order valence-corrected chi connectivity index (χ4v) is 2.73. The van der Waals surface area contributed by atoms with Crippen molar-refractivity contribution in [2.75, 3.05) is 6.61 Å². The second kappa shape index (κ2) is 12.6. The number of aromatic hydroxyl groups is 2. The van der Waals surface area contributed by atoms with Crippen molar-refractivity contribution in [3.63, 3.8) is 0 Å². The predicted molar refractivity (Wildman–Crippen MR) is 99.6 cm³/mol. The molecule has 1 aromatic rings. The Hall–Kier alpha value is -1.75. The molecule has 5 heteroatoms. The maximum absolute atomic E-state index is 11.9. The molecule has 25 heavy (non-hydrogen) atoms. The van der Waals surface area contributed by atoms with Gasteiger partial charge in [-0.15, -0.1) is 0 Å². The van der Waals surface area contributed by atoms with E-state index in [-0.39, 0.29) is 17.9 Å². The molecule has 0 aliphatic rings. The molecule has 0 heterocycles. The van der Waals surface area contributed by atoms with E-state index in [2.05, 4.69) is 6.92 Å². The Morgan fingerprint density at radius 3 is 2.20 bits per heavy atom. The first-order chi connectivity index (χ1) is 12.0. The van der Waals surface area contributed by atoms with E-state index >= 15 is 0 Å². The molecule has 0 aliphatic carbocycles. The summed E-state index contributed by atoms with van der Waals surface area (Å²) in [6, 6.07) is 3.65. The minimum absolute atomic E-state index is 0.190. The summed E-state index contributed by atoms with van der Waals surface area (Å²) in [5.41, 5.74) is 6.52. The Kier molecular flexibility index (Phi) is 10.7. The van der Waals surface area contributed by atoms with Crippen molar-refractivity contribution < 1.29 is 19.7 Å². The highest BCUT2D eigenvalue weighted by molar-refractivity contribution is 5.75. The summed E-state index contributed by atoms with van der Waals surface area (Å²) in [7, 11) is 0. The molecule has 5 nitrogen and oxygen atoms in total. The van der Waals surface area contributed by atoms with Crippen LogP contribution in [0.25, 0.3) is 0 Å². The fraction of sp³-hybridized carbons (Fsp3) is 0.650. The SMILES string of the molecule is CCCCCCCCCCCOC(=O)[C@@H](N)Cc1ccc(O)c(O)c1. The van der Waals surface area contributed by atoms with Crippen LogP contribution in [0.3, 0.4) is 0 Å². The van der Waals surface area contributed by atoms with E-state index in [0.717, 1.165) is 12.8 Å². The Bertz CT molecular complexity index is 504. The average molecular weight is 351 g/mol. The molecule has 142 valence electrons. The normalized spacial score (nSPS) is 12.1. The van der Waals surface area contributed by atoms with Crippen LogP contribution in [0, 0.1) is 0 Å². The van der Waals surface area contributed by atoms with Gasteiger partial charge in [-0.05, 0) is 30.5 Å². The molecule has 0 bridgehead atoms. The maximum atomic E-state index is 11.9. The van der Waals surface area contributed by atoms with Crippen LogP contribution >= 0.6 is 0 Å². The van der Waals surface area contributed by atoms with Crippen molar-refractivity contribution >= 4 is 5.97 Å². The van der Waals surface area contributed by atoms with E-state index in [9.17, 15) is 15.0 Å². The molecule has 0 radical (unpaired) electrons. The van der Waals surface area contributed by atoms with Crippen molar-refractivity contribution in [2.45, 2.75) is 77.2 Å². The molecule has 0 spiro atoms. The quantitative estimate of drug-likeness (QED) is 0.283. The number of phenols is 2. The van der Waals surface area contributed by atoms with Crippen LogP contribution in [-0.4, -0.2) is 28.8 Å². The first-order valence-corrected chi connectivity index (χ1v) is 9.47. The summed E-state index contributed by atoms with van der Waals surface area (Å²) in [5, 5.41) is 18.7. The third-order valence-electron chi connectivity index (χ3n) is 4.29. The highest BCUT2D eigenvalue weighted by Gasteiger charge is 2.16. The third kappa shape index (κ3) is 9.34. The summed E-state index contributed by atoms with van der Waals surface area (Å²) in [5.74, 6) is -0.829. The van der Waals surface area contributed by atoms with Gasteiger partial charge in [-0.1, -0.05) is 64.4 Å². The van der Waals surface area contributed by atoms with Gasteiger partial charge in [0.15, 0.2) is 11.5 Å². The zero-order valence-corrected chi connectivity index (χ0v) is 15.4. The number of nitrogens with two attached hydrogens (primary N) is 1. The van der Waals surface area contributed by atoms with Crippen LogP contribution in [0.1, 0.15) is 70.3 Å². The molecule has 0 amide bonds. The minimum Gasteiger partial charge on any atom is -0.504 e. The van der Waals surface area contributed by atoms with E-state index in [4.69, 9.17) is 10.5 Å². The first kappa shape index (κ1) is 21.3. The molecule has 1 rings (SSSR count). The van der Waals surface area contributed by atoms with E-state index in [0.29, 0.717) is 12.2 Å². The van der Waals surface area contributed by atoms with Gasteiger partial charge < -0.3 is 20.7 Å². The zero-order valence-electron chi connectivity index (χ0n) is 15.4. The molecule has 0 fully saturated rings. The topological polar surface area (TPSA) is 92.8 Å². The molecule has 4 N–H and O–H groups in total.